The molecule has 0 radical (unpaired) electrons. The maximum atomic E-state index is 12.0. The van der Waals surface area contributed by atoms with Gasteiger partial charge in [0.1, 0.15) is 10.6 Å². The van der Waals surface area contributed by atoms with E-state index in [4.69, 9.17) is 10.5 Å². The molecule has 0 fully saturated rings. The summed E-state index contributed by atoms with van der Waals surface area (Å²) in [5.74, 6) is -0.207. The molecule has 0 saturated heterocycles. The van der Waals surface area contributed by atoms with Crippen LogP contribution in [0.1, 0.15) is 9.67 Å². The number of carbonyl (C=O) groups is 2. The summed E-state index contributed by atoms with van der Waals surface area (Å²) in [7, 11) is 0. The number of nitrogens with two attached hydrogens (primary N) is 1. The molecule has 0 spiro atoms. The maximum Gasteiger partial charge on any atom is 0.266 e. The molecular weight excluding hydrogens is 344 g/mol. The standard InChI is InChI=1S/C13H11BrN2O3S/c14-10-5-6-20-12(10)13(18)16-8-1-3-9(4-2-8)19-7-11(15)17/h1-6H,7H2,(H2,15,17)(H,16,18). The molecular formula is C13H11BrN2O3S. The van der Waals surface area contributed by atoms with E-state index < -0.39 is 5.91 Å². The average molecular weight is 355 g/mol. The number of benzene rings is 1. The first-order chi connectivity index (χ1) is 9.56. The number of thiophene rings is 1. The minimum atomic E-state index is -0.537. The van der Waals surface area contributed by atoms with E-state index in [0.29, 0.717) is 16.3 Å². The lowest BCUT2D eigenvalue weighted by Gasteiger charge is -2.06. The number of hydrogen-bond acceptors (Lipinski definition) is 4. The van der Waals surface area contributed by atoms with Gasteiger partial charge in [-0.05, 0) is 51.6 Å². The van der Waals surface area contributed by atoms with Crippen LogP contribution in [0.3, 0.4) is 0 Å². The second-order valence-electron chi connectivity index (χ2n) is 3.83. The van der Waals surface area contributed by atoms with Crippen molar-refractivity contribution in [3.8, 4) is 5.75 Å². The Morgan fingerprint density at radius 3 is 2.50 bits per heavy atom. The highest BCUT2D eigenvalue weighted by Gasteiger charge is 2.11. The lowest BCUT2D eigenvalue weighted by atomic mass is 10.3. The molecule has 0 aliphatic carbocycles. The van der Waals surface area contributed by atoms with Crippen LogP contribution in [-0.2, 0) is 4.79 Å². The van der Waals surface area contributed by atoms with Crippen LogP contribution in [0, 0.1) is 0 Å². The third-order valence-electron chi connectivity index (χ3n) is 2.32. The third kappa shape index (κ3) is 3.82. The highest BCUT2D eigenvalue weighted by Crippen LogP contribution is 2.24. The molecule has 0 aliphatic rings. The van der Waals surface area contributed by atoms with Crippen molar-refractivity contribution in [2.45, 2.75) is 0 Å². The van der Waals surface area contributed by atoms with Gasteiger partial charge in [0.2, 0.25) is 0 Å². The highest BCUT2D eigenvalue weighted by atomic mass is 79.9. The second-order valence-corrected chi connectivity index (χ2v) is 5.60. The molecule has 0 atom stereocenters. The van der Waals surface area contributed by atoms with Crippen LogP contribution in [-0.4, -0.2) is 18.4 Å². The first-order valence-corrected chi connectivity index (χ1v) is 7.29. The van der Waals surface area contributed by atoms with E-state index in [2.05, 4.69) is 21.2 Å². The van der Waals surface area contributed by atoms with Crippen molar-refractivity contribution < 1.29 is 14.3 Å². The van der Waals surface area contributed by atoms with Gasteiger partial charge in [0.15, 0.2) is 6.61 Å². The maximum absolute atomic E-state index is 12.0. The summed E-state index contributed by atoms with van der Waals surface area (Å²) in [5.41, 5.74) is 5.62. The van der Waals surface area contributed by atoms with E-state index in [1.165, 1.54) is 11.3 Å². The molecule has 1 aromatic heterocycles. The van der Waals surface area contributed by atoms with Crippen molar-refractivity contribution in [3.63, 3.8) is 0 Å². The van der Waals surface area contributed by atoms with Crippen LogP contribution < -0.4 is 15.8 Å². The lowest BCUT2D eigenvalue weighted by molar-refractivity contribution is -0.119. The minimum absolute atomic E-state index is 0.173. The summed E-state index contributed by atoms with van der Waals surface area (Å²) in [6.45, 7) is -0.173. The summed E-state index contributed by atoms with van der Waals surface area (Å²) >= 11 is 4.67. The molecule has 0 bridgehead atoms. The summed E-state index contributed by atoms with van der Waals surface area (Å²) in [6, 6.07) is 8.51. The van der Waals surface area contributed by atoms with Gasteiger partial charge in [0.25, 0.3) is 11.8 Å². The fourth-order valence-electron chi connectivity index (χ4n) is 1.43. The molecule has 0 aliphatic heterocycles. The van der Waals surface area contributed by atoms with Gasteiger partial charge in [0.05, 0.1) is 0 Å². The number of anilines is 1. The van der Waals surface area contributed by atoms with E-state index in [1.54, 1.807) is 24.3 Å². The Morgan fingerprint density at radius 1 is 1.25 bits per heavy atom. The number of carbonyl (C=O) groups excluding carboxylic acids is 2. The molecule has 2 aromatic rings. The predicted octanol–water partition coefficient (Wildman–Crippen LogP) is 2.63. The number of nitrogens with one attached hydrogen (secondary N) is 1. The van der Waals surface area contributed by atoms with Gasteiger partial charge >= 0.3 is 0 Å². The highest BCUT2D eigenvalue weighted by molar-refractivity contribution is 9.10. The van der Waals surface area contributed by atoms with Crippen LogP contribution in [0.2, 0.25) is 0 Å². The van der Waals surface area contributed by atoms with Gasteiger partial charge in [-0.25, -0.2) is 0 Å². The predicted molar refractivity (Wildman–Crippen MR) is 81.1 cm³/mol. The molecule has 0 unspecified atom stereocenters. The quantitative estimate of drug-likeness (QED) is 0.865. The van der Waals surface area contributed by atoms with Gasteiger partial charge in [-0.2, -0.15) is 0 Å². The summed E-state index contributed by atoms with van der Waals surface area (Å²) < 4.78 is 5.89. The lowest BCUT2D eigenvalue weighted by Crippen LogP contribution is -2.20. The molecule has 104 valence electrons. The summed E-state index contributed by atoms with van der Waals surface area (Å²) in [4.78, 5) is 23.2. The molecule has 3 N–H and O–H groups in total. The normalized spacial score (nSPS) is 10.1. The Kier molecular flexibility index (Phi) is 4.75. The van der Waals surface area contributed by atoms with Crippen molar-refractivity contribution in [1.82, 2.24) is 0 Å². The molecule has 5 nitrogen and oxygen atoms in total. The monoisotopic (exact) mass is 354 g/mol. The van der Waals surface area contributed by atoms with Crippen molar-refractivity contribution in [2.24, 2.45) is 5.73 Å². The van der Waals surface area contributed by atoms with E-state index >= 15 is 0 Å². The van der Waals surface area contributed by atoms with E-state index in [1.807, 2.05) is 11.4 Å². The van der Waals surface area contributed by atoms with Gasteiger partial charge < -0.3 is 15.8 Å². The van der Waals surface area contributed by atoms with Crippen molar-refractivity contribution in [3.05, 3.63) is 45.1 Å². The van der Waals surface area contributed by atoms with Crippen LogP contribution in [0.25, 0.3) is 0 Å². The zero-order valence-electron chi connectivity index (χ0n) is 10.3. The van der Waals surface area contributed by atoms with Crippen LogP contribution in [0.5, 0.6) is 5.75 Å². The van der Waals surface area contributed by atoms with Crippen molar-refractivity contribution in [2.75, 3.05) is 11.9 Å². The van der Waals surface area contributed by atoms with Crippen LogP contribution >= 0.6 is 27.3 Å². The Hall–Kier alpha value is -1.86. The molecule has 1 heterocycles. The van der Waals surface area contributed by atoms with Crippen LogP contribution in [0.4, 0.5) is 5.69 Å². The smallest absolute Gasteiger partial charge is 0.266 e. The first-order valence-electron chi connectivity index (χ1n) is 5.62. The summed E-state index contributed by atoms with van der Waals surface area (Å²) in [5, 5.41) is 4.60. The van der Waals surface area contributed by atoms with E-state index in [0.717, 1.165) is 4.47 Å². The topological polar surface area (TPSA) is 81.4 Å². The van der Waals surface area contributed by atoms with Gasteiger partial charge in [-0.1, -0.05) is 0 Å². The Labute approximate surface area is 127 Å². The van der Waals surface area contributed by atoms with Gasteiger partial charge in [-0.15, -0.1) is 11.3 Å². The number of hydrogen-bond donors (Lipinski definition) is 2. The number of primary amides is 1. The number of amides is 2. The number of halogens is 1. The van der Waals surface area contributed by atoms with Crippen molar-refractivity contribution in [1.29, 1.82) is 0 Å². The number of ether oxygens (including phenoxy) is 1. The first kappa shape index (κ1) is 14.5. The molecule has 2 rings (SSSR count). The third-order valence-corrected chi connectivity index (χ3v) is 4.15. The van der Waals surface area contributed by atoms with Crippen molar-refractivity contribution >= 4 is 44.8 Å². The zero-order chi connectivity index (χ0) is 14.5. The SMILES string of the molecule is NC(=O)COc1ccc(NC(=O)c2sccc2Br)cc1. The summed E-state index contributed by atoms with van der Waals surface area (Å²) in [6.07, 6.45) is 0. The largest absolute Gasteiger partial charge is 0.484 e. The van der Waals surface area contributed by atoms with Gasteiger partial charge in [-0.3, -0.25) is 9.59 Å². The zero-order valence-corrected chi connectivity index (χ0v) is 12.7. The molecule has 20 heavy (non-hydrogen) atoms. The van der Waals surface area contributed by atoms with E-state index in [-0.39, 0.29) is 12.5 Å². The second kappa shape index (κ2) is 6.53. The molecule has 0 saturated carbocycles. The molecule has 2 amide bonds. The Balaban J connectivity index is 1.99. The fourth-order valence-corrected chi connectivity index (χ4v) is 2.88. The Morgan fingerprint density at radius 2 is 1.95 bits per heavy atom. The van der Waals surface area contributed by atoms with Crippen LogP contribution in [0.15, 0.2) is 40.2 Å². The van der Waals surface area contributed by atoms with Gasteiger partial charge in [0, 0.05) is 10.2 Å². The fraction of sp³-hybridized carbons (Fsp3) is 0.0769. The molecule has 1 aromatic carbocycles. The average Bonchev–Trinajstić information content (AvgIpc) is 2.84. The molecule has 7 heteroatoms. The minimum Gasteiger partial charge on any atom is -0.484 e. The van der Waals surface area contributed by atoms with E-state index in [9.17, 15) is 9.59 Å². The number of rotatable bonds is 5. The Bertz CT molecular complexity index is 625.